The molecule has 7 nitrogen and oxygen atoms in total. The number of esters is 1. The summed E-state index contributed by atoms with van der Waals surface area (Å²) in [5, 5.41) is 23.3. The van der Waals surface area contributed by atoms with E-state index in [0.29, 0.717) is 5.56 Å². The van der Waals surface area contributed by atoms with Gasteiger partial charge in [-0.15, -0.1) is 0 Å². The number of nitro benzene ring substituents is 1. The Morgan fingerprint density at radius 2 is 1.96 bits per heavy atom. The number of ether oxygens (including phenoxy) is 1. The van der Waals surface area contributed by atoms with Gasteiger partial charge in [0.2, 0.25) is 0 Å². The van der Waals surface area contributed by atoms with Crippen LogP contribution in [-0.4, -0.2) is 21.8 Å². The van der Waals surface area contributed by atoms with Gasteiger partial charge in [-0.1, -0.05) is 53.2 Å². The molecule has 0 heterocycles. The summed E-state index contributed by atoms with van der Waals surface area (Å²) in [6.07, 6.45) is 0.125. The van der Waals surface area contributed by atoms with Crippen LogP contribution in [0, 0.1) is 10.1 Å². The van der Waals surface area contributed by atoms with Gasteiger partial charge in [-0.05, 0) is 18.1 Å². The van der Waals surface area contributed by atoms with Crippen molar-refractivity contribution in [1.82, 2.24) is 0 Å². The molecule has 0 atom stereocenters. The Bertz CT molecular complexity index is 793. The molecule has 0 saturated heterocycles. The zero-order valence-corrected chi connectivity index (χ0v) is 13.8. The van der Waals surface area contributed by atoms with E-state index in [1.807, 2.05) is 18.2 Å². The van der Waals surface area contributed by atoms with Crippen LogP contribution in [0.3, 0.4) is 0 Å². The van der Waals surface area contributed by atoms with E-state index in [9.17, 15) is 14.9 Å². The molecule has 0 aliphatic rings. The van der Waals surface area contributed by atoms with Gasteiger partial charge in [0.05, 0.1) is 4.92 Å². The van der Waals surface area contributed by atoms with Crippen LogP contribution in [0.2, 0.25) is 5.02 Å². The van der Waals surface area contributed by atoms with E-state index in [1.165, 1.54) is 18.2 Å². The third kappa shape index (κ3) is 5.29. The highest BCUT2D eigenvalue weighted by Crippen LogP contribution is 2.24. The molecule has 0 amide bonds. The fraction of sp³-hybridized carbons (Fsp3) is 0.176. The average molecular weight is 363 g/mol. The fourth-order valence-electron chi connectivity index (χ4n) is 2.17. The Morgan fingerprint density at radius 3 is 2.60 bits per heavy atom. The van der Waals surface area contributed by atoms with E-state index in [0.717, 1.165) is 5.56 Å². The molecule has 0 radical (unpaired) electrons. The first-order valence-electron chi connectivity index (χ1n) is 7.36. The quantitative estimate of drug-likeness (QED) is 0.265. The minimum absolute atomic E-state index is 0.00735. The lowest BCUT2D eigenvalue weighted by molar-refractivity contribution is -0.385. The molecule has 0 aliphatic carbocycles. The van der Waals surface area contributed by atoms with E-state index in [2.05, 4.69) is 5.16 Å². The second kappa shape index (κ2) is 8.79. The van der Waals surface area contributed by atoms with Gasteiger partial charge in [0.15, 0.2) is 5.71 Å². The summed E-state index contributed by atoms with van der Waals surface area (Å²) in [6, 6.07) is 13.3. The number of aryl methyl sites for hydroxylation is 1. The van der Waals surface area contributed by atoms with Crippen molar-refractivity contribution in [3.05, 3.63) is 74.8 Å². The summed E-state index contributed by atoms with van der Waals surface area (Å²) in [5.74, 6) is -0.775. The van der Waals surface area contributed by atoms with Crippen LogP contribution in [0.1, 0.15) is 17.5 Å². The van der Waals surface area contributed by atoms with Crippen molar-refractivity contribution in [3.8, 4) is 0 Å². The molecule has 25 heavy (non-hydrogen) atoms. The van der Waals surface area contributed by atoms with Crippen molar-refractivity contribution < 1.29 is 19.7 Å². The van der Waals surface area contributed by atoms with E-state index >= 15 is 0 Å². The first-order chi connectivity index (χ1) is 12.0. The molecule has 2 aromatic carbocycles. The van der Waals surface area contributed by atoms with Crippen molar-refractivity contribution in [2.45, 2.75) is 19.4 Å². The largest absolute Gasteiger partial charge is 0.456 e. The van der Waals surface area contributed by atoms with Crippen molar-refractivity contribution in [2.75, 3.05) is 0 Å². The van der Waals surface area contributed by atoms with Crippen molar-refractivity contribution in [2.24, 2.45) is 5.16 Å². The smallest absolute Gasteiger partial charge is 0.356 e. The maximum atomic E-state index is 12.0. The molecular formula is C17H15ClN2O5. The molecule has 1 N–H and O–H groups in total. The van der Waals surface area contributed by atoms with Gasteiger partial charge in [0, 0.05) is 23.1 Å². The number of oxime groups is 1. The molecule has 0 aliphatic heterocycles. The lowest BCUT2D eigenvalue weighted by Gasteiger charge is -2.07. The van der Waals surface area contributed by atoms with Crippen LogP contribution >= 0.6 is 11.6 Å². The standard InChI is InChI=1S/C17H15ClN2O5/c18-14-8-6-13(16(10-14)20(23)24)7-9-15(19-22)17(21)25-11-12-4-2-1-3-5-12/h1-6,8,10,22H,7,9,11H2. The normalized spacial score (nSPS) is 11.2. The Kier molecular flexibility index (Phi) is 6.47. The second-order valence-electron chi connectivity index (χ2n) is 5.14. The van der Waals surface area contributed by atoms with E-state index < -0.39 is 10.9 Å². The Balaban J connectivity index is 1.98. The summed E-state index contributed by atoms with van der Waals surface area (Å²) in [7, 11) is 0. The van der Waals surface area contributed by atoms with Gasteiger partial charge in [-0.25, -0.2) is 4.79 Å². The monoisotopic (exact) mass is 362 g/mol. The number of carbonyl (C=O) groups excluding carboxylic acids is 1. The zero-order valence-electron chi connectivity index (χ0n) is 13.1. The number of nitro groups is 1. The molecule has 130 valence electrons. The highest BCUT2D eigenvalue weighted by atomic mass is 35.5. The summed E-state index contributed by atoms with van der Waals surface area (Å²) >= 11 is 5.76. The Labute approximate surface area is 148 Å². The van der Waals surface area contributed by atoms with E-state index in [-0.39, 0.29) is 35.9 Å². The number of benzene rings is 2. The topological polar surface area (TPSA) is 102 Å². The van der Waals surface area contributed by atoms with Crippen LogP contribution in [-0.2, 0) is 22.6 Å². The van der Waals surface area contributed by atoms with Gasteiger partial charge < -0.3 is 9.94 Å². The van der Waals surface area contributed by atoms with Gasteiger partial charge in [-0.3, -0.25) is 10.1 Å². The average Bonchev–Trinajstić information content (AvgIpc) is 2.62. The Hall–Kier alpha value is -2.93. The summed E-state index contributed by atoms with van der Waals surface area (Å²) in [4.78, 5) is 22.5. The van der Waals surface area contributed by atoms with Gasteiger partial charge in [-0.2, -0.15) is 0 Å². The van der Waals surface area contributed by atoms with Crippen molar-refractivity contribution >= 4 is 29.0 Å². The van der Waals surface area contributed by atoms with Gasteiger partial charge in [0.25, 0.3) is 5.69 Å². The van der Waals surface area contributed by atoms with Crippen LogP contribution < -0.4 is 0 Å². The number of halogens is 1. The fourth-order valence-corrected chi connectivity index (χ4v) is 2.34. The van der Waals surface area contributed by atoms with Gasteiger partial charge in [0.1, 0.15) is 6.61 Å². The van der Waals surface area contributed by atoms with E-state index in [1.54, 1.807) is 12.1 Å². The third-order valence-electron chi connectivity index (χ3n) is 3.44. The maximum absolute atomic E-state index is 12.0. The van der Waals surface area contributed by atoms with Crippen molar-refractivity contribution in [1.29, 1.82) is 0 Å². The first-order valence-corrected chi connectivity index (χ1v) is 7.74. The lowest BCUT2D eigenvalue weighted by atomic mass is 10.1. The number of hydrogen-bond acceptors (Lipinski definition) is 6. The van der Waals surface area contributed by atoms with Crippen LogP contribution in [0.4, 0.5) is 5.69 Å². The van der Waals surface area contributed by atoms with E-state index in [4.69, 9.17) is 21.5 Å². The number of rotatable bonds is 7. The highest BCUT2D eigenvalue weighted by Gasteiger charge is 2.19. The number of nitrogens with zero attached hydrogens (tertiary/aromatic N) is 2. The third-order valence-corrected chi connectivity index (χ3v) is 3.68. The molecule has 0 saturated carbocycles. The Morgan fingerprint density at radius 1 is 1.24 bits per heavy atom. The summed E-state index contributed by atoms with van der Waals surface area (Å²) in [5.41, 5.74) is 0.815. The van der Waals surface area contributed by atoms with Crippen LogP contribution in [0.15, 0.2) is 53.7 Å². The highest BCUT2D eigenvalue weighted by molar-refractivity contribution is 6.36. The predicted octanol–water partition coefficient (Wildman–Crippen LogP) is 3.75. The molecule has 0 fully saturated rings. The molecule has 0 bridgehead atoms. The molecular weight excluding hydrogens is 348 g/mol. The molecule has 0 spiro atoms. The van der Waals surface area contributed by atoms with Crippen LogP contribution in [0.25, 0.3) is 0 Å². The molecule has 0 unspecified atom stereocenters. The zero-order chi connectivity index (χ0) is 18.2. The summed E-state index contributed by atoms with van der Waals surface area (Å²) in [6.45, 7) is 0.0415. The molecule has 2 aromatic rings. The predicted molar refractivity (Wildman–Crippen MR) is 91.9 cm³/mol. The molecule has 0 aromatic heterocycles. The number of hydrogen-bond donors (Lipinski definition) is 1. The van der Waals surface area contributed by atoms with Gasteiger partial charge >= 0.3 is 5.97 Å². The summed E-state index contributed by atoms with van der Waals surface area (Å²) < 4.78 is 5.08. The minimum Gasteiger partial charge on any atom is -0.456 e. The SMILES string of the molecule is O=C(OCc1ccccc1)C(CCc1ccc(Cl)cc1[N+](=O)[O-])=NO. The van der Waals surface area contributed by atoms with Crippen molar-refractivity contribution in [3.63, 3.8) is 0 Å². The van der Waals surface area contributed by atoms with Crippen LogP contribution in [0.5, 0.6) is 0 Å². The molecule has 2 rings (SSSR count). The lowest BCUT2D eigenvalue weighted by Crippen LogP contribution is -2.18. The number of carbonyl (C=O) groups is 1. The second-order valence-corrected chi connectivity index (χ2v) is 5.58. The first kappa shape index (κ1) is 18.4. The molecule has 8 heteroatoms. The maximum Gasteiger partial charge on any atom is 0.356 e. The minimum atomic E-state index is -0.775.